The SMILES string of the molecule is O=C(CCc1ccc(O)c(-n2nc3ccccc3n2)c1)OCN1C(=O)C=CC1=O. The van der Waals surface area contributed by atoms with Crippen LogP contribution in [0.2, 0.25) is 0 Å². The Morgan fingerprint density at radius 2 is 1.66 bits per heavy atom. The molecule has 1 aliphatic heterocycles. The van der Waals surface area contributed by atoms with Gasteiger partial charge in [0.25, 0.3) is 11.8 Å². The van der Waals surface area contributed by atoms with Crippen LogP contribution in [0.3, 0.4) is 0 Å². The van der Waals surface area contributed by atoms with E-state index in [0.29, 0.717) is 23.1 Å². The molecular formula is C20H16N4O5. The van der Waals surface area contributed by atoms with E-state index in [2.05, 4.69) is 10.2 Å². The lowest BCUT2D eigenvalue weighted by Crippen LogP contribution is -2.33. The number of benzene rings is 2. The number of aromatic hydroxyl groups is 1. The van der Waals surface area contributed by atoms with Gasteiger partial charge in [0, 0.05) is 18.6 Å². The lowest BCUT2D eigenvalue weighted by molar-refractivity contribution is -0.154. The number of hydrogen-bond acceptors (Lipinski definition) is 7. The summed E-state index contributed by atoms with van der Waals surface area (Å²) in [4.78, 5) is 37.0. The molecule has 2 heterocycles. The smallest absolute Gasteiger partial charge is 0.307 e. The molecule has 1 aliphatic rings. The van der Waals surface area contributed by atoms with Gasteiger partial charge in [-0.15, -0.1) is 15.0 Å². The number of rotatable bonds is 6. The van der Waals surface area contributed by atoms with Crippen LogP contribution in [0.25, 0.3) is 16.7 Å². The Kier molecular flexibility index (Phi) is 4.78. The third kappa shape index (κ3) is 3.84. The topological polar surface area (TPSA) is 115 Å². The zero-order valence-corrected chi connectivity index (χ0v) is 15.2. The lowest BCUT2D eigenvalue weighted by atomic mass is 10.1. The highest BCUT2D eigenvalue weighted by atomic mass is 16.5. The first-order chi connectivity index (χ1) is 14.0. The van der Waals surface area contributed by atoms with Gasteiger partial charge in [-0.2, -0.15) is 0 Å². The molecular weight excluding hydrogens is 376 g/mol. The van der Waals surface area contributed by atoms with Crippen LogP contribution in [0.4, 0.5) is 0 Å². The van der Waals surface area contributed by atoms with Crippen LogP contribution < -0.4 is 0 Å². The van der Waals surface area contributed by atoms with E-state index in [9.17, 15) is 19.5 Å². The first-order valence-electron chi connectivity index (χ1n) is 8.85. The monoisotopic (exact) mass is 392 g/mol. The second-order valence-corrected chi connectivity index (χ2v) is 6.38. The Morgan fingerprint density at radius 1 is 1.00 bits per heavy atom. The Morgan fingerprint density at radius 3 is 2.31 bits per heavy atom. The number of aryl methyl sites for hydroxylation is 1. The van der Waals surface area contributed by atoms with Gasteiger partial charge in [-0.05, 0) is 36.2 Å². The maximum atomic E-state index is 12.0. The predicted molar refractivity (Wildman–Crippen MR) is 101 cm³/mol. The van der Waals surface area contributed by atoms with Crippen molar-refractivity contribution in [1.29, 1.82) is 0 Å². The van der Waals surface area contributed by atoms with Crippen LogP contribution in [-0.4, -0.2) is 49.5 Å². The van der Waals surface area contributed by atoms with Crippen molar-refractivity contribution in [3.63, 3.8) is 0 Å². The Hall–Kier alpha value is -4.01. The number of amides is 2. The predicted octanol–water partition coefficient (Wildman–Crippen LogP) is 1.48. The molecule has 0 saturated carbocycles. The number of carbonyl (C=O) groups excluding carboxylic acids is 3. The Labute approximate surface area is 164 Å². The molecule has 2 amide bonds. The molecule has 0 atom stereocenters. The highest BCUT2D eigenvalue weighted by Gasteiger charge is 2.24. The summed E-state index contributed by atoms with van der Waals surface area (Å²) in [6, 6.07) is 12.2. The first-order valence-corrected chi connectivity index (χ1v) is 8.85. The number of aromatic nitrogens is 3. The van der Waals surface area contributed by atoms with Gasteiger partial charge in [-0.1, -0.05) is 18.2 Å². The van der Waals surface area contributed by atoms with Crippen molar-refractivity contribution in [1.82, 2.24) is 19.9 Å². The number of fused-ring (bicyclic) bond motifs is 1. The second-order valence-electron chi connectivity index (χ2n) is 6.38. The third-order valence-electron chi connectivity index (χ3n) is 4.41. The molecule has 3 aromatic rings. The highest BCUT2D eigenvalue weighted by molar-refractivity contribution is 6.12. The zero-order valence-electron chi connectivity index (χ0n) is 15.2. The summed E-state index contributed by atoms with van der Waals surface area (Å²) < 4.78 is 4.99. The van der Waals surface area contributed by atoms with Gasteiger partial charge in [0.1, 0.15) is 22.5 Å². The van der Waals surface area contributed by atoms with Crippen molar-refractivity contribution in [3.8, 4) is 11.4 Å². The van der Waals surface area contributed by atoms with E-state index in [1.54, 1.807) is 12.1 Å². The second kappa shape index (κ2) is 7.55. The van der Waals surface area contributed by atoms with Gasteiger partial charge in [0.2, 0.25) is 0 Å². The molecule has 1 N–H and O–H groups in total. The Balaban J connectivity index is 1.40. The zero-order chi connectivity index (χ0) is 20.4. The van der Waals surface area contributed by atoms with E-state index in [4.69, 9.17) is 4.74 Å². The van der Waals surface area contributed by atoms with Gasteiger partial charge in [-0.3, -0.25) is 14.4 Å². The first kappa shape index (κ1) is 18.4. The number of hydrogen-bond donors (Lipinski definition) is 1. The van der Waals surface area contributed by atoms with Crippen molar-refractivity contribution in [3.05, 3.63) is 60.2 Å². The van der Waals surface area contributed by atoms with Crippen LogP contribution in [0, 0.1) is 0 Å². The van der Waals surface area contributed by atoms with Crippen molar-refractivity contribution in [2.24, 2.45) is 0 Å². The van der Waals surface area contributed by atoms with E-state index >= 15 is 0 Å². The minimum absolute atomic E-state index is 0.00944. The van der Waals surface area contributed by atoms with Gasteiger partial charge in [-0.25, -0.2) is 4.90 Å². The molecule has 0 spiro atoms. The van der Waals surface area contributed by atoms with Gasteiger partial charge in [0.15, 0.2) is 6.73 Å². The van der Waals surface area contributed by atoms with Crippen LogP contribution >= 0.6 is 0 Å². The van der Waals surface area contributed by atoms with Gasteiger partial charge < -0.3 is 9.84 Å². The number of imide groups is 1. The van der Waals surface area contributed by atoms with E-state index in [0.717, 1.165) is 22.6 Å². The molecule has 0 unspecified atom stereocenters. The summed E-state index contributed by atoms with van der Waals surface area (Å²) in [7, 11) is 0. The summed E-state index contributed by atoms with van der Waals surface area (Å²) in [6.07, 6.45) is 2.64. The fraction of sp³-hybridized carbons (Fsp3) is 0.150. The number of nitrogens with zero attached hydrogens (tertiary/aromatic N) is 4. The van der Waals surface area contributed by atoms with Crippen molar-refractivity contribution >= 4 is 28.8 Å². The summed E-state index contributed by atoms with van der Waals surface area (Å²) in [5.41, 5.74) is 2.56. The number of ether oxygens (including phenoxy) is 1. The standard InChI is InChI=1S/C20H16N4O5/c25-17-7-5-13(6-10-20(28)29-12-23-18(26)8-9-19(23)27)11-16(17)24-21-14-3-1-2-4-15(14)22-24/h1-5,7-9,11,25H,6,10,12H2. The molecule has 0 aliphatic carbocycles. The normalized spacial score (nSPS) is 13.4. The van der Waals surface area contributed by atoms with Gasteiger partial charge >= 0.3 is 5.97 Å². The fourth-order valence-corrected chi connectivity index (χ4v) is 2.87. The molecule has 9 heteroatoms. The van der Waals surface area contributed by atoms with E-state index in [1.165, 1.54) is 10.9 Å². The maximum absolute atomic E-state index is 12.0. The molecule has 0 fully saturated rings. The lowest BCUT2D eigenvalue weighted by Gasteiger charge is -2.13. The minimum atomic E-state index is -0.546. The summed E-state index contributed by atoms with van der Waals surface area (Å²) in [5, 5.41) is 18.9. The largest absolute Gasteiger partial charge is 0.506 e. The maximum Gasteiger partial charge on any atom is 0.307 e. The Bertz CT molecular complexity index is 1100. The number of phenols is 1. The van der Waals surface area contributed by atoms with Crippen LogP contribution in [0.15, 0.2) is 54.6 Å². The molecule has 4 rings (SSSR count). The summed E-state index contributed by atoms with van der Waals surface area (Å²) in [5.74, 6) is -1.56. The molecule has 29 heavy (non-hydrogen) atoms. The van der Waals surface area contributed by atoms with E-state index < -0.39 is 24.5 Å². The van der Waals surface area contributed by atoms with Crippen molar-refractivity contribution in [2.75, 3.05) is 6.73 Å². The summed E-state index contributed by atoms with van der Waals surface area (Å²) >= 11 is 0. The molecule has 9 nitrogen and oxygen atoms in total. The van der Waals surface area contributed by atoms with Crippen LogP contribution in [0.5, 0.6) is 5.75 Å². The number of esters is 1. The molecule has 2 aromatic carbocycles. The molecule has 0 radical (unpaired) electrons. The molecule has 0 saturated heterocycles. The average Bonchev–Trinajstić information content (AvgIpc) is 3.29. The molecule has 0 bridgehead atoms. The van der Waals surface area contributed by atoms with Crippen LogP contribution in [0.1, 0.15) is 12.0 Å². The third-order valence-corrected chi connectivity index (χ3v) is 4.41. The quantitative estimate of drug-likeness (QED) is 0.499. The number of phenolic OH excluding ortho intramolecular Hbond substituents is 1. The van der Waals surface area contributed by atoms with Crippen molar-refractivity contribution in [2.45, 2.75) is 12.8 Å². The molecule has 146 valence electrons. The van der Waals surface area contributed by atoms with Gasteiger partial charge in [0.05, 0.1) is 0 Å². The molecule has 1 aromatic heterocycles. The fourth-order valence-electron chi connectivity index (χ4n) is 2.87. The number of carbonyl (C=O) groups is 3. The summed E-state index contributed by atoms with van der Waals surface area (Å²) in [6.45, 7) is -0.409. The highest BCUT2D eigenvalue weighted by Crippen LogP contribution is 2.23. The van der Waals surface area contributed by atoms with E-state index in [-0.39, 0.29) is 12.2 Å². The van der Waals surface area contributed by atoms with Crippen molar-refractivity contribution < 1.29 is 24.2 Å². The van der Waals surface area contributed by atoms with E-state index in [1.807, 2.05) is 24.3 Å². The average molecular weight is 392 g/mol. The minimum Gasteiger partial charge on any atom is -0.506 e. The van der Waals surface area contributed by atoms with Crippen LogP contribution in [-0.2, 0) is 25.5 Å².